The Bertz CT molecular complexity index is 872. The summed E-state index contributed by atoms with van der Waals surface area (Å²) < 4.78 is 5.87. The number of hydrogen-bond acceptors (Lipinski definition) is 3. The van der Waals surface area contributed by atoms with Gasteiger partial charge in [0.15, 0.2) is 6.10 Å². The lowest BCUT2D eigenvalue weighted by Gasteiger charge is -2.23. The molecule has 1 fully saturated rings. The summed E-state index contributed by atoms with van der Waals surface area (Å²) in [7, 11) is 0. The van der Waals surface area contributed by atoms with Crippen LogP contribution in [0.3, 0.4) is 0 Å². The van der Waals surface area contributed by atoms with Crippen LogP contribution in [0.1, 0.15) is 60.5 Å². The van der Waals surface area contributed by atoms with Gasteiger partial charge in [-0.25, -0.2) is 0 Å². The quantitative estimate of drug-likeness (QED) is 0.741. The maximum atomic E-state index is 12.8. The Morgan fingerprint density at radius 3 is 2.52 bits per heavy atom. The Kier molecular flexibility index (Phi) is 6.91. The van der Waals surface area contributed by atoms with E-state index in [-0.39, 0.29) is 17.9 Å². The minimum Gasteiger partial charge on any atom is -0.481 e. The predicted molar refractivity (Wildman–Crippen MR) is 115 cm³/mol. The fraction of sp³-hybridized carbons (Fsp3) is 0.417. The van der Waals surface area contributed by atoms with Gasteiger partial charge in [0.05, 0.1) is 11.3 Å². The normalized spacial score (nSPS) is 15.4. The van der Waals surface area contributed by atoms with Crippen molar-refractivity contribution in [2.24, 2.45) is 0 Å². The third-order valence-corrected chi connectivity index (χ3v) is 5.39. The van der Waals surface area contributed by atoms with Crippen molar-refractivity contribution in [2.75, 3.05) is 5.32 Å². The Balaban J connectivity index is 1.66. The molecule has 2 aromatic carbocycles. The average molecular weight is 395 g/mol. The summed E-state index contributed by atoms with van der Waals surface area (Å²) in [6.07, 6.45) is 4.87. The summed E-state index contributed by atoms with van der Waals surface area (Å²) in [4.78, 5) is 25.5. The van der Waals surface area contributed by atoms with Crippen LogP contribution in [-0.2, 0) is 4.79 Å². The van der Waals surface area contributed by atoms with Crippen molar-refractivity contribution in [1.82, 2.24) is 5.32 Å². The van der Waals surface area contributed by atoms with Crippen molar-refractivity contribution in [3.8, 4) is 5.75 Å². The minimum absolute atomic E-state index is 0.143. The van der Waals surface area contributed by atoms with E-state index in [1.807, 2.05) is 44.2 Å². The SMILES string of the molecule is Cc1ccc(C)c(O[C@H](C)C(=O)Nc2ccccc2C(=O)NC2CCCCC2)c1. The van der Waals surface area contributed by atoms with Crippen molar-refractivity contribution >= 4 is 17.5 Å². The molecular weight excluding hydrogens is 364 g/mol. The zero-order valence-corrected chi connectivity index (χ0v) is 17.5. The number of aryl methyl sites for hydroxylation is 2. The molecule has 1 saturated carbocycles. The first-order valence-electron chi connectivity index (χ1n) is 10.4. The van der Waals surface area contributed by atoms with Gasteiger partial charge in [0.25, 0.3) is 11.8 Å². The lowest BCUT2D eigenvalue weighted by molar-refractivity contribution is -0.122. The highest BCUT2D eigenvalue weighted by Crippen LogP contribution is 2.22. The Hall–Kier alpha value is -2.82. The van der Waals surface area contributed by atoms with E-state index in [2.05, 4.69) is 10.6 Å². The van der Waals surface area contributed by atoms with Crippen LogP contribution in [-0.4, -0.2) is 24.0 Å². The van der Waals surface area contributed by atoms with E-state index in [1.54, 1.807) is 19.1 Å². The number of anilines is 1. The van der Waals surface area contributed by atoms with E-state index in [4.69, 9.17) is 4.74 Å². The number of ether oxygens (including phenoxy) is 1. The van der Waals surface area contributed by atoms with Gasteiger partial charge < -0.3 is 15.4 Å². The molecule has 0 aromatic heterocycles. The molecule has 0 spiro atoms. The third-order valence-electron chi connectivity index (χ3n) is 5.39. The maximum absolute atomic E-state index is 12.8. The molecule has 0 saturated heterocycles. The molecule has 1 aliphatic carbocycles. The Morgan fingerprint density at radius 1 is 1.03 bits per heavy atom. The van der Waals surface area contributed by atoms with Crippen LogP contribution < -0.4 is 15.4 Å². The van der Waals surface area contributed by atoms with Crippen molar-refractivity contribution < 1.29 is 14.3 Å². The molecule has 1 aliphatic rings. The molecule has 154 valence electrons. The first kappa shape index (κ1) is 20.9. The number of para-hydroxylation sites is 1. The smallest absolute Gasteiger partial charge is 0.265 e. The van der Waals surface area contributed by atoms with E-state index in [1.165, 1.54) is 6.42 Å². The van der Waals surface area contributed by atoms with E-state index < -0.39 is 6.10 Å². The molecule has 5 heteroatoms. The molecule has 3 rings (SSSR count). The number of carbonyl (C=O) groups excluding carboxylic acids is 2. The number of rotatable bonds is 6. The number of benzene rings is 2. The number of nitrogens with one attached hydrogen (secondary N) is 2. The van der Waals surface area contributed by atoms with Crippen LogP contribution in [0.4, 0.5) is 5.69 Å². The van der Waals surface area contributed by atoms with Gasteiger partial charge in [-0.1, -0.05) is 43.5 Å². The van der Waals surface area contributed by atoms with Crippen LogP contribution in [0, 0.1) is 13.8 Å². The average Bonchev–Trinajstić information content (AvgIpc) is 2.71. The molecule has 0 radical (unpaired) electrons. The summed E-state index contributed by atoms with van der Waals surface area (Å²) in [5.74, 6) is 0.260. The molecule has 5 nitrogen and oxygen atoms in total. The van der Waals surface area contributed by atoms with Crippen LogP contribution in [0.25, 0.3) is 0 Å². The maximum Gasteiger partial charge on any atom is 0.265 e. The van der Waals surface area contributed by atoms with Crippen molar-refractivity contribution in [2.45, 2.75) is 65.0 Å². The Labute approximate surface area is 172 Å². The van der Waals surface area contributed by atoms with Crippen LogP contribution in [0.5, 0.6) is 5.75 Å². The van der Waals surface area contributed by atoms with Crippen LogP contribution in [0.15, 0.2) is 42.5 Å². The molecule has 0 unspecified atom stereocenters. The highest BCUT2D eigenvalue weighted by molar-refractivity contribution is 6.04. The molecule has 2 amide bonds. The molecule has 1 atom stereocenters. The molecule has 0 bridgehead atoms. The summed E-state index contributed by atoms with van der Waals surface area (Å²) >= 11 is 0. The van der Waals surface area contributed by atoms with E-state index in [0.717, 1.165) is 36.8 Å². The third kappa shape index (κ3) is 5.59. The van der Waals surface area contributed by atoms with Gasteiger partial charge in [0.1, 0.15) is 5.75 Å². The second-order valence-electron chi connectivity index (χ2n) is 7.87. The monoisotopic (exact) mass is 394 g/mol. The lowest BCUT2D eigenvalue weighted by atomic mass is 9.95. The number of hydrogen-bond donors (Lipinski definition) is 2. The first-order chi connectivity index (χ1) is 13.9. The van der Waals surface area contributed by atoms with Crippen molar-refractivity contribution in [1.29, 1.82) is 0 Å². The molecule has 0 aliphatic heterocycles. The molecule has 2 N–H and O–H groups in total. The standard InChI is InChI=1S/C24H30N2O3/c1-16-13-14-17(2)22(15-16)29-18(3)23(27)26-21-12-8-7-11-20(21)24(28)25-19-9-5-4-6-10-19/h7-8,11-15,18-19H,4-6,9-10H2,1-3H3,(H,25,28)(H,26,27)/t18-/m1/s1. The van der Waals surface area contributed by atoms with E-state index in [9.17, 15) is 9.59 Å². The van der Waals surface area contributed by atoms with Gasteiger partial charge in [-0.05, 0) is 62.9 Å². The summed E-state index contributed by atoms with van der Waals surface area (Å²) in [6, 6.07) is 13.2. The second-order valence-corrected chi connectivity index (χ2v) is 7.87. The molecule has 0 heterocycles. The summed E-state index contributed by atoms with van der Waals surface area (Å²) in [5, 5.41) is 5.97. The number of carbonyl (C=O) groups is 2. The van der Waals surface area contributed by atoms with Gasteiger partial charge in [0, 0.05) is 6.04 Å². The second kappa shape index (κ2) is 9.59. The van der Waals surface area contributed by atoms with Crippen molar-refractivity contribution in [3.05, 3.63) is 59.2 Å². The number of amides is 2. The highest BCUT2D eigenvalue weighted by Gasteiger charge is 2.21. The van der Waals surface area contributed by atoms with E-state index in [0.29, 0.717) is 17.0 Å². The molecule has 2 aromatic rings. The zero-order chi connectivity index (χ0) is 20.8. The first-order valence-corrected chi connectivity index (χ1v) is 10.4. The molecule has 29 heavy (non-hydrogen) atoms. The largest absolute Gasteiger partial charge is 0.481 e. The van der Waals surface area contributed by atoms with Gasteiger partial charge in [0.2, 0.25) is 0 Å². The van der Waals surface area contributed by atoms with Crippen LogP contribution in [0.2, 0.25) is 0 Å². The molecular formula is C24H30N2O3. The van der Waals surface area contributed by atoms with Gasteiger partial charge in [-0.2, -0.15) is 0 Å². The highest BCUT2D eigenvalue weighted by atomic mass is 16.5. The van der Waals surface area contributed by atoms with Gasteiger partial charge in [-0.15, -0.1) is 0 Å². The fourth-order valence-electron chi connectivity index (χ4n) is 3.61. The van der Waals surface area contributed by atoms with Crippen molar-refractivity contribution in [3.63, 3.8) is 0 Å². The lowest BCUT2D eigenvalue weighted by Crippen LogP contribution is -2.37. The predicted octanol–water partition coefficient (Wildman–Crippen LogP) is 4.77. The summed E-state index contributed by atoms with van der Waals surface area (Å²) in [6.45, 7) is 5.64. The summed E-state index contributed by atoms with van der Waals surface area (Å²) in [5.41, 5.74) is 3.03. The van der Waals surface area contributed by atoms with Gasteiger partial charge >= 0.3 is 0 Å². The zero-order valence-electron chi connectivity index (χ0n) is 17.5. The Morgan fingerprint density at radius 2 is 1.76 bits per heavy atom. The van der Waals surface area contributed by atoms with E-state index >= 15 is 0 Å². The minimum atomic E-state index is -0.690. The fourth-order valence-corrected chi connectivity index (χ4v) is 3.61. The van der Waals surface area contributed by atoms with Gasteiger partial charge in [-0.3, -0.25) is 9.59 Å². The van der Waals surface area contributed by atoms with Crippen LogP contribution >= 0.6 is 0 Å². The topological polar surface area (TPSA) is 67.4 Å².